The van der Waals surface area contributed by atoms with E-state index in [0.717, 1.165) is 0 Å². The third-order valence-electron chi connectivity index (χ3n) is 3.26. The lowest BCUT2D eigenvalue weighted by Gasteiger charge is -2.47. The molecule has 0 aliphatic heterocycles. The third kappa shape index (κ3) is 10.8. The van der Waals surface area contributed by atoms with Crippen molar-refractivity contribution >= 4 is 39.1 Å². The van der Waals surface area contributed by atoms with Crippen molar-refractivity contribution in [1.82, 2.24) is 0 Å². The zero-order chi connectivity index (χ0) is 25.5. The van der Waals surface area contributed by atoms with Crippen LogP contribution in [0.3, 0.4) is 0 Å². The summed E-state index contributed by atoms with van der Waals surface area (Å²) >= 11 is 0. The Balaban J connectivity index is 3.77. The lowest BCUT2D eigenvalue weighted by Crippen LogP contribution is -2.66. The van der Waals surface area contributed by atoms with Gasteiger partial charge in [-0.25, -0.2) is 22.8 Å². The van der Waals surface area contributed by atoms with Crippen LogP contribution in [-0.2, 0) is 45.4 Å². The molecule has 1 rings (SSSR count). The van der Waals surface area contributed by atoms with Crippen LogP contribution < -0.4 is 0 Å². The minimum absolute atomic E-state index is 2.85. The van der Waals surface area contributed by atoms with E-state index in [1.165, 1.54) is 0 Å². The van der Waals surface area contributed by atoms with Gasteiger partial charge in [0.2, 0.25) is 0 Å². The van der Waals surface area contributed by atoms with Gasteiger partial charge in [-0.3, -0.25) is 22.6 Å². The van der Waals surface area contributed by atoms with E-state index in [9.17, 15) is 27.9 Å². The minimum Gasteiger partial charge on any atom is -0.387 e. The van der Waals surface area contributed by atoms with Crippen molar-refractivity contribution in [3.63, 3.8) is 0 Å². The SMILES string of the molecule is O=P(O)(O)OC1[C@@H](OP(=O)(O)O)[C@@H](OP(=O)(O)O)C(O)[C@@H](OP(=O)(O)O)[C@H]1OP(=O)(O)O. The first-order valence-electron chi connectivity index (χ1n) is 7.26. The molecule has 0 bridgehead atoms. The van der Waals surface area contributed by atoms with E-state index in [-0.39, 0.29) is 0 Å². The number of phosphoric acid groups is 5. The number of hydrogen-bond acceptors (Lipinski definition) is 11. The fourth-order valence-electron chi connectivity index (χ4n) is 2.53. The van der Waals surface area contributed by atoms with E-state index in [1.807, 2.05) is 0 Å². The maximum Gasteiger partial charge on any atom is 0.470 e. The molecule has 0 spiro atoms. The van der Waals surface area contributed by atoms with Gasteiger partial charge < -0.3 is 54.0 Å². The summed E-state index contributed by atoms with van der Waals surface area (Å²) in [5.74, 6) is 0. The highest BCUT2D eigenvalue weighted by Crippen LogP contribution is 2.54. The van der Waals surface area contributed by atoms with E-state index in [1.54, 1.807) is 0 Å². The number of aliphatic hydroxyl groups is 1. The van der Waals surface area contributed by atoms with Crippen LogP contribution >= 0.6 is 39.1 Å². The van der Waals surface area contributed by atoms with Gasteiger partial charge in [0.25, 0.3) is 0 Å². The van der Waals surface area contributed by atoms with Crippen LogP contribution in [0, 0.1) is 0 Å². The standard InChI is InChI=1S/C6H17O21P5/c7-1-2(23-28(8,9)10)4(25-30(14,15)16)6(27-32(20,21)22)5(26-31(17,18)19)3(1)24-29(11,12)13/h1-7H,(H2,8,9,10)(H2,11,12,13)(H2,14,15,16)(H2,17,18,19)(H2,20,21,22)/t1?,2-,3+,4-,5+,6?. The molecule has 1 saturated carbocycles. The Morgan fingerprint density at radius 2 is 0.531 bits per heavy atom. The number of phosphoric ester groups is 5. The summed E-state index contributed by atoms with van der Waals surface area (Å²) < 4.78 is 76.6. The zero-order valence-electron chi connectivity index (χ0n) is 14.7. The van der Waals surface area contributed by atoms with Gasteiger partial charge in [0.15, 0.2) is 0 Å². The Kier molecular flexibility index (Phi) is 9.78. The van der Waals surface area contributed by atoms with Gasteiger partial charge in [-0.15, -0.1) is 0 Å². The van der Waals surface area contributed by atoms with Gasteiger partial charge in [0.1, 0.15) is 36.6 Å². The fraction of sp³-hybridized carbons (Fsp3) is 1.00. The molecule has 32 heavy (non-hydrogen) atoms. The van der Waals surface area contributed by atoms with Crippen LogP contribution in [0.1, 0.15) is 0 Å². The highest BCUT2D eigenvalue weighted by Gasteiger charge is 2.60. The summed E-state index contributed by atoms with van der Waals surface area (Å²) in [6.45, 7) is 0. The third-order valence-corrected chi connectivity index (χ3v) is 5.85. The topological polar surface area (TPSA) is 354 Å². The fourth-order valence-corrected chi connectivity index (χ4v) is 5.33. The van der Waals surface area contributed by atoms with E-state index in [0.29, 0.717) is 0 Å². The van der Waals surface area contributed by atoms with E-state index < -0.39 is 75.7 Å². The second-order valence-electron chi connectivity index (χ2n) is 5.79. The molecule has 26 heteroatoms. The molecule has 6 atom stereocenters. The molecule has 1 fully saturated rings. The normalized spacial score (nSPS) is 31.0. The summed E-state index contributed by atoms with van der Waals surface area (Å²) in [5.41, 5.74) is 0. The molecule has 0 aromatic heterocycles. The zero-order valence-corrected chi connectivity index (χ0v) is 19.2. The van der Waals surface area contributed by atoms with Crippen LogP contribution in [0.15, 0.2) is 0 Å². The molecule has 0 amide bonds. The van der Waals surface area contributed by atoms with Crippen molar-refractivity contribution in [2.45, 2.75) is 36.6 Å². The number of hydrogen-bond donors (Lipinski definition) is 11. The average molecular weight is 580 g/mol. The van der Waals surface area contributed by atoms with Gasteiger partial charge in [0.05, 0.1) is 0 Å². The Bertz CT molecular complexity index is 824. The van der Waals surface area contributed by atoms with Gasteiger partial charge in [0, 0.05) is 0 Å². The molecular formula is C6H17O21P5. The van der Waals surface area contributed by atoms with E-state index in [2.05, 4.69) is 22.6 Å². The van der Waals surface area contributed by atoms with Crippen molar-refractivity contribution < 1.29 is 99.5 Å². The Morgan fingerprint density at radius 3 is 0.719 bits per heavy atom. The Morgan fingerprint density at radius 1 is 0.375 bits per heavy atom. The molecular weight excluding hydrogens is 563 g/mol. The summed E-state index contributed by atoms with van der Waals surface area (Å²) in [4.78, 5) is 90.1. The average Bonchev–Trinajstić information content (AvgIpc) is 2.45. The van der Waals surface area contributed by atoms with Crippen LogP contribution in [0.4, 0.5) is 0 Å². The summed E-state index contributed by atoms with van der Waals surface area (Å²) in [7, 11) is -29.1. The van der Waals surface area contributed by atoms with Crippen LogP contribution in [0.25, 0.3) is 0 Å². The van der Waals surface area contributed by atoms with Gasteiger partial charge in [-0.05, 0) is 0 Å². The molecule has 21 nitrogen and oxygen atoms in total. The van der Waals surface area contributed by atoms with Crippen LogP contribution in [0.2, 0.25) is 0 Å². The van der Waals surface area contributed by atoms with Gasteiger partial charge in [-0.2, -0.15) is 0 Å². The van der Waals surface area contributed by atoms with E-state index >= 15 is 0 Å². The lowest BCUT2D eigenvalue weighted by atomic mass is 9.85. The van der Waals surface area contributed by atoms with Crippen molar-refractivity contribution in [1.29, 1.82) is 0 Å². The van der Waals surface area contributed by atoms with Crippen molar-refractivity contribution in [2.75, 3.05) is 0 Å². The second-order valence-corrected chi connectivity index (χ2v) is 11.8. The maximum absolute atomic E-state index is 11.3. The van der Waals surface area contributed by atoms with Crippen molar-refractivity contribution in [3.8, 4) is 0 Å². The molecule has 1 aliphatic carbocycles. The second kappa shape index (κ2) is 10.2. The Hall–Kier alpha value is 0.510. The molecule has 0 aromatic carbocycles. The predicted molar refractivity (Wildman–Crippen MR) is 90.6 cm³/mol. The first-order valence-corrected chi connectivity index (χ1v) is 14.9. The highest BCUT2D eigenvalue weighted by atomic mass is 31.2. The molecule has 2 unspecified atom stereocenters. The number of aliphatic hydroxyl groups excluding tert-OH is 1. The highest BCUT2D eigenvalue weighted by molar-refractivity contribution is 7.47. The summed E-state index contributed by atoms with van der Waals surface area (Å²) in [5, 5.41) is 10.3. The molecule has 0 heterocycles. The van der Waals surface area contributed by atoms with Gasteiger partial charge >= 0.3 is 39.1 Å². The monoisotopic (exact) mass is 580 g/mol. The molecule has 1 aliphatic rings. The summed E-state index contributed by atoms with van der Waals surface area (Å²) in [6.07, 6.45) is -17.4. The molecule has 0 radical (unpaired) electrons. The smallest absolute Gasteiger partial charge is 0.387 e. The van der Waals surface area contributed by atoms with Crippen molar-refractivity contribution in [3.05, 3.63) is 0 Å². The maximum atomic E-state index is 11.3. The lowest BCUT2D eigenvalue weighted by molar-refractivity contribution is -0.205. The minimum atomic E-state index is -5.86. The van der Waals surface area contributed by atoms with E-state index in [4.69, 9.17) is 48.9 Å². The predicted octanol–water partition coefficient (Wildman–Crippen LogP) is -3.25. The number of rotatable bonds is 10. The quantitative estimate of drug-likeness (QED) is 0.113. The molecule has 0 saturated heterocycles. The molecule has 11 N–H and O–H groups in total. The first kappa shape index (κ1) is 30.5. The first-order chi connectivity index (χ1) is 13.9. The van der Waals surface area contributed by atoms with Crippen LogP contribution in [0.5, 0.6) is 0 Å². The Labute approximate surface area is 176 Å². The van der Waals surface area contributed by atoms with Crippen LogP contribution in [-0.4, -0.2) is 90.7 Å². The largest absolute Gasteiger partial charge is 0.470 e. The molecule has 0 aromatic rings. The molecule has 192 valence electrons. The van der Waals surface area contributed by atoms with Gasteiger partial charge in [-0.1, -0.05) is 0 Å². The van der Waals surface area contributed by atoms with Crippen molar-refractivity contribution in [2.24, 2.45) is 0 Å². The summed E-state index contributed by atoms with van der Waals surface area (Å²) in [6, 6.07) is 0.